The van der Waals surface area contributed by atoms with E-state index in [1.165, 1.54) is 6.08 Å². The molecule has 2 unspecified atom stereocenters. The summed E-state index contributed by atoms with van der Waals surface area (Å²) >= 11 is 0. The zero-order chi connectivity index (χ0) is 13.8. The number of hydrogen-bond donors (Lipinski definition) is 2. The van der Waals surface area contributed by atoms with E-state index in [2.05, 4.69) is 12.2 Å². The molecule has 0 aliphatic heterocycles. The molecule has 0 bridgehead atoms. The number of benzene rings is 1. The Morgan fingerprint density at radius 2 is 2.21 bits per heavy atom. The Kier molecular flexibility index (Phi) is 4.00. The summed E-state index contributed by atoms with van der Waals surface area (Å²) in [5.41, 5.74) is 1.78. The lowest BCUT2D eigenvalue weighted by atomic mass is 10.1. The number of nitrogens with one attached hydrogen (secondary N) is 1. The third-order valence-electron chi connectivity index (χ3n) is 3.28. The van der Waals surface area contributed by atoms with E-state index >= 15 is 0 Å². The van der Waals surface area contributed by atoms with E-state index in [0.29, 0.717) is 12.5 Å². The number of carbonyl (C=O) groups is 2. The summed E-state index contributed by atoms with van der Waals surface area (Å²) in [6.07, 6.45) is 3.62. The highest BCUT2D eigenvalue weighted by molar-refractivity contribution is 5.85. The van der Waals surface area contributed by atoms with E-state index in [9.17, 15) is 9.59 Å². The quantitative estimate of drug-likeness (QED) is 0.795. The molecule has 100 valence electrons. The highest BCUT2D eigenvalue weighted by atomic mass is 16.4. The van der Waals surface area contributed by atoms with Gasteiger partial charge in [0.15, 0.2) is 0 Å². The smallest absolute Gasteiger partial charge is 0.328 e. The van der Waals surface area contributed by atoms with Gasteiger partial charge in [-0.15, -0.1) is 0 Å². The Morgan fingerprint density at radius 1 is 1.47 bits per heavy atom. The molecule has 2 atom stereocenters. The molecule has 4 heteroatoms. The Labute approximate surface area is 112 Å². The summed E-state index contributed by atoms with van der Waals surface area (Å²) in [5.74, 6) is -0.180. The largest absolute Gasteiger partial charge is 0.478 e. The molecule has 0 heterocycles. The first-order chi connectivity index (χ1) is 9.06. The van der Waals surface area contributed by atoms with Gasteiger partial charge < -0.3 is 10.4 Å². The lowest BCUT2D eigenvalue weighted by molar-refractivity contribution is -0.131. The van der Waals surface area contributed by atoms with E-state index in [0.717, 1.165) is 23.6 Å². The zero-order valence-corrected chi connectivity index (χ0v) is 10.8. The maximum absolute atomic E-state index is 11.7. The van der Waals surface area contributed by atoms with Crippen molar-refractivity contribution in [3.05, 3.63) is 41.5 Å². The van der Waals surface area contributed by atoms with Crippen molar-refractivity contribution in [3.8, 4) is 0 Å². The van der Waals surface area contributed by atoms with Crippen molar-refractivity contribution in [1.82, 2.24) is 5.32 Å². The van der Waals surface area contributed by atoms with E-state index in [1.807, 2.05) is 24.3 Å². The first-order valence-electron chi connectivity index (χ1n) is 6.34. The van der Waals surface area contributed by atoms with E-state index in [4.69, 9.17) is 5.11 Å². The average molecular weight is 259 g/mol. The van der Waals surface area contributed by atoms with Gasteiger partial charge in [0.05, 0.1) is 0 Å². The van der Waals surface area contributed by atoms with Crippen LogP contribution < -0.4 is 5.32 Å². The standard InChI is InChI=1S/C15H17NO3/c1-10-7-13(10)15(19)16-9-12-4-2-3-11(8-12)5-6-14(17)18/h2-6,8,10,13H,7,9H2,1H3,(H,16,19)(H,17,18). The van der Waals surface area contributed by atoms with Gasteiger partial charge >= 0.3 is 5.97 Å². The van der Waals surface area contributed by atoms with Crippen molar-refractivity contribution in [2.75, 3.05) is 0 Å². The van der Waals surface area contributed by atoms with Crippen LogP contribution in [0.2, 0.25) is 0 Å². The van der Waals surface area contributed by atoms with Crippen LogP contribution in [0.25, 0.3) is 6.08 Å². The van der Waals surface area contributed by atoms with Crippen molar-refractivity contribution < 1.29 is 14.7 Å². The van der Waals surface area contributed by atoms with Crippen LogP contribution in [0, 0.1) is 11.8 Å². The van der Waals surface area contributed by atoms with Crippen LogP contribution in [0.3, 0.4) is 0 Å². The van der Waals surface area contributed by atoms with E-state index in [-0.39, 0.29) is 11.8 Å². The molecule has 0 radical (unpaired) electrons. The first-order valence-corrected chi connectivity index (χ1v) is 6.34. The molecule has 4 nitrogen and oxygen atoms in total. The number of amides is 1. The lowest BCUT2D eigenvalue weighted by Crippen LogP contribution is -2.24. The fraction of sp³-hybridized carbons (Fsp3) is 0.333. The second kappa shape index (κ2) is 5.69. The molecule has 1 fully saturated rings. The minimum atomic E-state index is -0.971. The number of rotatable bonds is 5. The van der Waals surface area contributed by atoms with Gasteiger partial charge in [0.1, 0.15) is 0 Å². The highest BCUT2D eigenvalue weighted by Gasteiger charge is 2.38. The van der Waals surface area contributed by atoms with Crippen molar-refractivity contribution in [2.24, 2.45) is 11.8 Å². The van der Waals surface area contributed by atoms with Crippen LogP contribution in [0.5, 0.6) is 0 Å². The predicted octanol–water partition coefficient (Wildman–Crippen LogP) is 2.06. The van der Waals surface area contributed by atoms with Crippen molar-refractivity contribution in [1.29, 1.82) is 0 Å². The number of carbonyl (C=O) groups excluding carboxylic acids is 1. The first kappa shape index (κ1) is 13.3. The second-order valence-electron chi connectivity index (χ2n) is 4.95. The molecule has 1 aliphatic rings. The van der Waals surface area contributed by atoms with Crippen LogP contribution in [0.4, 0.5) is 0 Å². The topological polar surface area (TPSA) is 66.4 Å². The van der Waals surface area contributed by atoms with Gasteiger partial charge in [0, 0.05) is 18.5 Å². The normalized spacial score (nSPS) is 21.3. The average Bonchev–Trinajstić information content (AvgIpc) is 3.11. The Hall–Kier alpha value is -2.10. The van der Waals surface area contributed by atoms with Crippen LogP contribution >= 0.6 is 0 Å². The number of aliphatic carboxylic acids is 1. The summed E-state index contributed by atoms with van der Waals surface area (Å²) in [6, 6.07) is 7.46. The second-order valence-corrected chi connectivity index (χ2v) is 4.95. The van der Waals surface area contributed by atoms with Gasteiger partial charge in [0.2, 0.25) is 5.91 Å². The van der Waals surface area contributed by atoms with Gasteiger partial charge in [-0.1, -0.05) is 25.1 Å². The van der Waals surface area contributed by atoms with Gasteiger partial charge in [-0.05, 0) is 35.6 Å². The maximum Gasteiger partial charge on any atom is 0.328 e. The molecule has 1 saturated carbocycles. The molecule has 1 amide bonds. The number of hydrogen-bond acceptors (Lipinski definition) is 2. The van der Waals surface area contributed by atoms with Crippen molar-refractivity contribution >= 4 is 18.0 Å². The molecule has 1 aliphatic carbocycles. The third-order valence-corrected chi connectivity index (χ3v) is 3.28. The Balaban J connectivity index is 1.91. The number of carboxylic acid groups (broad SMARTS) is 1. The van der Waals surface area contributed by atoms with Crippen LogP contribution in [-0.2, 0) is 16.1 Å². The van der Waals surface area contributed by atoms with Gasteiger partial charge in [-0.25, -0.2) is 4.79 Å². The number of carboxylic acids is 1. The molecule has 1 aromatic carbocycles. The SMILES string of the molecule is CC1CC1C(=O)NCc1cccc(C=CC(=O)O)c1. The van der Waals surface area contributed by atoms with Crippen LogP contribution in [0.1, 0.15) is 24.5 Å². The zero-order valence-electron chi connectivity index (χ0n) is 10.8. The summed E-state index contributed by atoms with van der Waals surface area (Å²) in [4.78, 5) is 22.1. The molecule has 19 heavy (non-hydrogen) atoms. The van der Waals surface area contributed by atoms with Crippen LogP contribution in [-0.4, -0.2) is 17.0 Å². The lowest BCUT2D eigenvalue weighted by Gasteiger charge is -2.05. The van der Waals surface area contributed by atoms with Gasteiger partial charge in [0.25, 0.3) is 0 Å². The molecular weight excluding hydrogens is 242 g/mol. The van der Waals surface area contributed by atoms with Crippen molar-refractivity contribution in [2.45, 2.75) is 19.9 Å². The van der Waals surface area contributed by atoms with Crippen LogP contribution in [0.15, 0.2) is 30.3 Å². The minimum absolute atomic E-state index is 0.110. The molecule has 2 N–H and O–H groups in total. The minimum Gasteiger partial charge on any atom is -0.478 e. The Bertz CT molecular complexity index is 522. The molecule has 0 saturated heterocycles. The van der Waals surface area contributed by atoms with E-state index in [1.54, 1.807) is 0 Å². The fourth-order valence-corrected chi connectivity index (χ4v) is 1.98. The van der Waals surface area contributed by atoms with Crippen molar-refractivity contribution in [3.63, 3.8) is 0 Å². The third kappa shape index (κ3) is 3.95. The molecule has 1 aromatic rings. The molecule has 2 rings (SSSR count). The molecule has 0 spiro atoms. The summed E-state index contributed by atoms with van der Waals surface area (Å²) in [5, 5.41) is 11.5. The summed E-state index contributed by atoms with van der Waals surface area (Å²) < 4.78 is 0. The van der Waals surface area contributed by atoms with Gasteiger partial charge in [-0.3, -0.25) is 4.79 Å². The summed E-state index contributed by atoms with van der Waals surface area (Å²) in [7, 11) is 0. The monoisotopic (exact) mass is 259 g/mol. The maximum atomic E-state index is 11.7. The predicted molar refractivity (Wildman–Crippen MR) is 72.2 cm³/mol. The van der Waals surface area contributed by atoms with E-state index < -0.39 is 5.97 Å². The Morgan fingerprint density at radius 3 is 2.84 bits per heavy atom. The fourth-order valence-electron chi connectivity index (χ4n) is 1.98. The summed E-state index contributed by atoms with van der Waals surface area (Å²) in [6.45, 7) is 2.55. The molecule has 0 aromatic heterocycles. The highest BCUT2D eigenvalue weighted by Crippen LogP contribution is 2.37. The molecular formula is C15H17NO3. The van der Waals surface area contributed by atoms with Gasteiger partial charge in [-0.2, -0.15) is 0 Å².